The highest BCUT2D eigenvalue weighted by Gasteiger charge is 2.12. The van der Waals surface area contributed by atoms with Gasteiger partial charge in [0.05, 0.1) is 11.3 Å². The first kappa shape index (κ1) is 17.9. The molecule has 24 heavy (non-hydrogen) atoms. The number of carbonyl (C=O) groups excluding carboxylic acids is 1. The molecule has 1 aromatic heterocycles. The van der Waals surface area contributed by atoms with E-state index >= 15 is 0 Å². The minimum atomic E-state index is -0.234. The van der Waals surface area contributed by atoms with Crippen LogP contribution in [-0.4, -0.2) is 34.1 Å². The van der Waals surface area contributed by atoms with Gasteiger partial charge in [0.1, 0.15) is 0 Å². The zero-order valence-corrected chi connectivity index (χ0v) is 14.2. The Labute approximate surface area is 142 Å². The Morgan fingerprint density at radius 1 is 1.25 bits per heavy atom. The predicted octanol–water partition coefficient (Wildman–Crippen LogP) is 2.78. The topological polar surface area (TPSA) is 87.1 Å². The zero-order valence-electron chi connectivity index (χ0n) is 14.2. The number of aliphatic hydroxyl groups is 1. The zero-order chi connectivity index (χ0) is 17.4. The first-order valence-corrected chi connectivity index (χ1v) is 8.22. The maximum Gasteiger partial charge on any atom is 0.259 e. The molecule has 3 N–H and O–H groups in total. The minimum absolute atomic E-state index is 0.112. The third kappa shape index (κ3) is 5.03. The van der Waals surface area contributed by atoms with E-state index in [0.29, 0.717) is 29.3 Å². The first-order valence-electron chi connectivity index (χ1n) is 8.22. The van der Waals surface area contributed by atoms with E-state index in [1.165, 1.54) is 0 Å². The van der Waals surface area contributed by atoms with Crippen LogP contribution in [0.1, 0.15) is 41.4 Å². The van der Waals surface area contributed by atoms with Gasteiger partial charge in [-0.2, -0.15) is 0 Å². The summed E-state index contributed by atoms with van der Waals surface area (Å²) in [5, 5.41) is 14.9. The summed E-state index contributed by atoms with van der Waals surface area (Å²) in [6, 6.07) is 7.41. The van der Waals surface area contributed by atoms with Crippen molar-refractivity contribution < 1.29 is 9.90 Å². The van der Waals surface area contributed by atoms with Crippen molar-refractivity contribution in [3.05, 3.63) is 47.3 Å². The van der Waals surface area contributed by atoms with Crippen molar-refractivity contribution in [2.45, 2.75) is 33.1 Å². The lowest BCUT2D eigenvalue weighted by molar-refractivity contribution is 0.102. The molecule has 0 aliphatic rings. The third-order valence-electron chi connectivity index (χ3n) is 3.65. The van der Waals surface area contributed by atoms with Crippen molar-refractivity contribution in [3.63, 3.8) is 0 Å². The lowest BCUT2D eigenvalue weighted by Gasteiger charge is -2.09. The second-order valence-electron chi connectivity index (χ2n) is 5.60. The van der Waals surface area contributed by atoms with Gasteiger partial charge < -0.3 is 15.7 Å². The fourth-order valence-electron chi connectivity index (χ4n) is 2.23. The summed E-state index contributed by atoms with van der Waals surface area (Å²) in [7, 11) is 0. The highest BCUT2D eigenvalue weighted by Crippen LogP contribution is 2.13. The molecule has 0 aliphatic carbocycles. The molecular weight excluding hydrogens is 304 g/mol. The predicted molar refractivity (Wildman–Crippen MR) is 95.4 cm³/mol. The standard InChI is InChI=1S/C18H24N4O2/c1-3-4-10-19-18-20-12-16(13(2)21-18)17(24)22-15-7-5-14(6-8-15)9-11-23/h5-8,12,23H,3-4,9-11H2,1-2H3,(H,22,24)(H,19,20,21). The Morgan fingerprint density at radius 2 is 2.00 bits per heavy atom. The smallest absolute Gasteiger partial charge is 0.259 e. The number of aromatic nitrogens is 2. The van der Waals surface area contributed by atoms with Crippen molar-refractivity contribution in [1.82, 2.24) is 9.97 Å². The molecule has 1 heterocycles. The van der Waals surface area contributed by atoms with Gasteiger partial charge >= 0.3 is 0 Å². The van der Waals surface area contributed by atoms with Gasteiger partial charge in [-0.05, 0) is 37.5 Å². The number of anilines is 2. The highest BCUT2D eigenvalue weighted by molar-refractivity contribution is 6.04. The van der Waals surface area contributed by atoms with Crippen LogP contribution in [0.3, 0.4) is 0 Å². The molecule has 0 saturated heterocycles. The van der Waals surface area contributed by atoms with Crippen LogP contribution in [-0.2, 0) is 6.42 Å². The number of unbranched alkanes of at least 4 members (excludes halogenated alkanes) is 1. The van der Waals surface area contributed by atoms with Crippen LogP contribution in [0.25, 0.3) is 0 Å². The average Bonchev–Trinajstić information content (AvgIpc) is 2.57. The number of amides is 1. The van der Waals surface area contributed by atoms with E-state index in [4.69, 9.17) is 5.11 Å². The Kier molecular flexibility index (Phi) is 6.69. The highest BCUT2D eigenvalue weighted by atomic mass is 16.3. The monoisotopic (exact) mass is 328 g/mol. The van der Waals surface area contributed by atoms with Crippen LogP contribution in [0, 0.1) is 6.92 Å². The molecule has 6 heteroatoms. The first-order chi connectivity index (χ1) is 11.6. The number of nitrogens with zero attached hydrogens (tertiary/aromatic N) is 2. The molecule has 1 amide bonds. The quantitative estimate of drug-likeness (QED) is 0.649. The molecule has 0 atom stereocenters. The van der Waals surface area contributed by atoms with E-state index in [1.807, 2.05) is 24.3 Å². The molecule has 6 nitrogen and oxygen atoms in total. The van der Waals surface area contributed by atoms with Gasteiger partial charge in [-0.25, -0.2) is 9.97 Å². The lowest BCUT2D eigenvalue weighted by atomic mass is 10.1. The van der Waals surface area contributed by atoms with Crippen molar-refractivity contribution in [2.75, 3.05) is 23.8 Å². The largest absolute Gasteiger partial charge is 0.396 e. The van der Waals surface area contributed by atoms with Gasteiger partial charge in [0.15, 0.2) is 0 Å². The second-order valence-corrected chi connectivity index (χ2v) is 5.60. The number of nitrogens with one attached hydrogen (secondary N) is 2. The number of aryl methyl sites for hydroxylation is 1. The van der Waals surface area contributed by atoms with E-state index in [2.05, 4.69) is 27.5 Å². The minimum Gasteiger partial charge on any atom is -0.396 e. The van der Waals surface area contributed by atoms with E-state index in [0.717, 1.165) is 24.9 Å². The summed E-state index contributed by atoms with van der Waals surface area (Å²) in [6.45, 7) is 4.85. The number of hydrogen-bond acceptors (Lipinski definition) is 5. The summed E-state index contributed by atoms with van der Waals surface area (Å²) < 4.78 is 0. The van der Waals surface area contributed by atoms with Crippen LogP contribution in [0.5, 0.6) is 0 Å². The van der Waals surface area contributed by atoms with Gasteiger partial charge in [0, 0.05) is 25.0 Å². The van der Waals surface area contributed by atoms with E-state index in [9.17, 15) is 4.79 Å². The molecule has 0 spiro atoms. The summed E-state index contributed by atoms with van der Waals surface area (Å²) >= 11 is 0. The van der Waals surface area contributed by atoms with E-state index in [-0.39, 0.29) is 12.5 Å². The van der Waals surface area contributed by atoms with E-state index in [1.54, 1.807) is 13.1 Å². The van der Waals surface area contributed by atoms with Crippen molar-refractivity contribution in [1.29, 1.82) is 0 Å². The molecular formula is C18H24N4O2. The number of aliphatic hydroxyl groups excluding tert-OH is 1. The number of carbonyl (C=O) groups is 1. The molecule has 2 aromatic rings. The molecule has 1 aromatic carbocycles. The molecule has 0 aliphatic heterocycles. The average molecular weight is 328 g/mol. The number of rotatable bonds is 8. The maximum absolute atomic E-state index is 12.4. The summed E-state index contributed by atoms with van der Waals surface area (Å²) in [5.74, 6) is 0.313. The lowest BCUT2D eigenvalue weighted by Crippen LogP contribution is -2.16. The second kappa shape index (κ2) is 8.98. The third-order valence-corrected chi connectivity index (χ3v) is 3.65. The van der Waals surface area contributed by atoms with Gasteiger partial charge in [0.2, 0.25) is 5.95 Å². The van der Waals surface area contributed by atoms with Gasteiger partial charge in [-0.1, -0.05) is 25.5 Å². The fraction of sp³-hybridized carbons (Fsp3) is 0.389. The Bertz CT molecular complexity index is 671. The fourth-order valence-corrected chi connectivity index (χ4v) is 2.23. The van der Waals surface area contributed by atoms with Crippen LogP contribution < -0.4 is 10.6 Å². The number of benzene rings is 1. The van der Waals surface area contributed by atoms with Crippen molar-refractivity contribution in [3.8, 4) is 0 Å². The van der Waals surface area contributed by atoms with Crippen LogP contribution in [0.2, 0.25) is 0 Å². The molecule has 0 bridgehead atoms. The van der Waals surface area contributed by atoms with E-state index < -0.39 is 0 Å². The molecule has 0 saturated carbocycles. The molecule has 128 valence electrons. The normalized spacial score (nSPS) is 10.5. The number of hydrogen-bond donors (Lipinski definition) is 3. The van der Waals surface area contributed by atoms with Crippen LogP contribution in [0.4, 0.5) is 11.6 Å². The maximum atomic E-state index is 12.4. The van der Waals surface area contributed by atoms with Gasteiger partial charge in [-0.15, -0.1) is 0 Å². The molecule has 0 radical (unpaired) electrons. The molecule has 0 unspecified atom stereocenters. The summed E-state index contributed by atoms with van der Waals surface area (Å²) in [4.78, 5) is 20.9. The van der Waals surface area contributed by atoms with Gasteiger partial charge in [0.25, 0.3) is 5.91 Å². The van der Waals surface area contributed by atoms with Gasteiger partial charge in [-0.3, -0.25) is 4.79 Å². The van der Waals surface area contributed by atoms with Crippen molar-refractivity contribution >= 4 is 17.5 Å². The Hall–Kier alpha value is -2.47. The molecule has 2 rings (SSSR count). The SMILES string of the molecule is CCCCNc1ncc(C(=O)Nc2ccc(CCO)cc2)c(C)n1. The summed E-state index contributed by atoms with van der Waals surface area (Å²) in [5.41, 5.74) is 2.82. The van der Waals surface area contributed by atoms with Crippen LogP contribution >= 0.6 is 0 Å². The summed E-state index contributed by atoms with van der Waals surface area (Å²) in [6.07, 6.45) is 4.31. The van der Waals surface area contributed by atoms with Crippen molar-refractivity contribution in [2.24, 2.45) is 0 Å². The Balaban J connectivity index is 2.01. The van der Waals surface area contributed by atoms with Crippen LogP contribution in [0.15, 0.2) is 30.5 Å². The molecule has 0 fully saturated rings. The Morgan fingerprint density at radius 3 is 2.62 bits per heavy atom.